The van der Waals surface area contributed by atoms with Gasteiger partial charge >= 0.3 is 0 Å². The normalized spacial score (nSPS) is 16.0. The van der Waals surface area contributed by atoms with Crippen LogP contribution in [0.4, 0.5) is 4.39 Å². The number of halogens is 1. The number of benzene rings is 3. The van der Waals surface area contributed by atoms with Gasteiger partial charge in [-0.3, -0.25) is 9.59 Å². The molecule has 37 heavy (non-hydrogen) atoms. The molecule has 5 nitrogen and oxygen atoms in total. The van der Waals surface area contributed by atoms with Gasteiger partial charge in [0.25, 0.3) is 5.91 Å². The number of nitrogens with one attached hydrogen (secondary N) is 1. The molecule has 1 N–H and O–H groups in total. The molecule has 0 fully saturated rings. The van der Waals surface area contributed by atoms with E-state index in [4.69, 9.17) is 4.74 Å². The van der Waals surface area contributed by atoms with E-state index in [1.807, 2.05) is 81.1 Å². The Morgan fingerprint density at radius 1 is 1.05 bits per heavy atom. The van der Waals surface area contributed by atoms with Crippen LogP contribution >= 0.6 is 0 Å². The van der Waals surface area contributed by atoms with E-state index in [9.17, 15) is 14.0 Å². The topological polar surface area (TPSA) is 58.6 Å². The number of hydrogen-bond donors (Lipinski definition) is 1. The number of nitrogens with zero attached hydrogens (tertiary/aromatic N) is 1. The van der Waals surface area contributed by atoms with Crippen LogP contribution in [0.2, 0.25) is 0 Å². The summed E-state index contributed by atoms with van der Waals surface area (Å²) >= 11 is 0. The minimum Gasteiger partial charge on any atom is -0.481 e. The molecule has 0 unspecified atom stereocenters. The second-order valence-corrected chi connectivity index (χ2v) is 10.5. The Morgan fingerprint density at radius 2 is 1.76 bits per heavy atom. The minimum atomic E-state index is -0.651. The molecular formula is C31H35FN2O3. The zero-order chi connectivity index (χ0) is 26.6. The highest BCUT2D eigenvalue weighted by Gasteiger charge is 2.37. The van der Waals surface area contributed by atoms with Crippen LogP contribution in [0, 0.1) is 11.2 Å². The van der Waals surface area contributed by atoms with Crippen LogP contribution in [0.5, 0.6) is 5.75 Å². The zero-order valence-electron chi connectivity index (χ0n) is 22.0. The van der Waals surface area contributed by atoms with Crippen molar-refractivity contribution in [3.63, 3.8) is 0 Å². The van der Waals surface area contributed by atoms with E-state index in [1.54, 1.807) is 12.1 Å². The fourth-order valence-electron chi connectivity index (χ4n) is 4.71. The maximum Gasteiger partial charge on any atom is 0.261 e. The zero-order valence-corrected chi connectivity index (χ0v) is 22.0. The lowest BCUT2D eigenvalue weighted by Crippen LogP contribution is -2.45. The molecule has 0 aliphatic carbocycles. The maximum atomic E-state index is 13.7. The van der Waals surface area contributed by atoms with Crippen LogP contribution in [0.25, 0.3) is 0 Å². The van der Waals surface area contributed by atoms with Gasteiger partial charge in [0.05, 0.1) is 6.04 Å². The predicted molar refractivity (Wildman–Crippen MR) is 143 cm³/mol. The molecule has 0 bridgehead atoms. The highest BCUT2D eigenvalue weighted by Crippen LogP contribution is 2.39. The van der Waals surface area contributed by atoms with E-state index in [-0.39, 0.29) is 23.7 Å². The summed E-state index contributed by atoms with van der Waals surface area (Å²) in [5.41, 5.74) is 3.34. The van der Waals surface area contributed by atoms with Gasteiger partial charge in [-0.05, 0) is 59.4 Å². The number of fused-ring (bicyclic) bond motifs is 1. The molecule has 2 amide bonds. The van der Waals surface area contributed by atoms with Crippen molar-refractivity contribution in [2.45, 2.75) is 59.2 Å². The number of rotatable bonds is 7. The predicted octanol–water partition coefficient (Wildman–Crippen LogP) is 5.82. The van der Waals surface area contributed by atoms with E-state index in [0.717, 1.165) is 22.3 Å². The van der Waals surface area contributed by atoms with Crippen molar-refractivity contribution in [1.82, 2.24) is 10.2 Å². The number of carbonyl (C=O) groups excluding carboxylic acids is 2. The molecular weight excluding hydrogens is 467 g/mol. The average Bonchev–Trinajstić information content (AvgIpc) is 2.89. The fraction of sp³-hybridized carbons (Fsp3) is 0.355. The van der Waals surface area contributed by atoms with Crippen LogP contribution in [0.15, 0.2) is 72.8 Å². The number of ether oxygens (including phenoxy) is 1. The Kier molecular flexibility index (Phi) is 7.96. The monoisotopic (exact) mass is 502 g/mol. The van der Waals surface area contributed by atoms with Crippen molar-refractivity contribution in [3.8, 4) is 5.75 Å². The minimum absolute atomic E-state index is 0.0329. The van der Waals surface area contributed by atoms with Crippen LogP contribution in [-0.4, -0.2) is 29.4 Å². The Labute approximate surface area is 218 Å². The van der Waals surface area contributed by atoms with Crippen molar-refractivity contribution < 1.29 is 18.7 Å². The summed E-state index contributed by atoms with van der Waals surface area (Å²) in [5.74, 6) is 0.102. The summed E-state index contributed by atoms with van der Waals surface area (Å²) in [6.45, 7) is 8.64. The third-order valence-corrected chi connectivity index (χ3v) is 6.68. The van der Waals surface area contributed by atoms with Gasteiger partial charge in [0, 0.05) is 18.5 Å². The molecule has 0 aromatic heterocycles. The second kappa shape index (κ2) is 11.2. The Morgan fingerprint density at radius 3 is 2.41 bits per heavy atom. The molecule has 0 radical (unpaired) electrons. The second-order valence-electron chi connectivity index (χ2n) is 10.5. The first-order valence-electron chi connectivity index (χ1n) is 12.8. The smallest absolute Gasteiger partial charge is 0.261 e. The van der Waals surface area contributed by atoms with Crippen LogP contribution in [0.3, 0.4) is 0 Å². The van der Waals surface area contributed by atoms with Crippen molar-refractivity contribution in [2.24, 2.45) is 5.41 Å². The van der Waals surface area contributed by atoms with Crippen LogP contribution in [0.1, 0.15) is 62.4 Å². The first-order chi connectivity index (χ1) is 17.7. The first kappa shape index (κ1) is 26.4. The Hall–Kier alpha value is -3.67. The van der Waals surface area contributed by atoms with E-state index in [0.29, 0.717) is 31.7 Å². The van der Waals surface area contributed by atoms with E-state index >= 15 is 0 Å². The van der Waals surface area contributed by atoms with Crippen molar-refractivity contribution in [2.75, 3.05) is 6.54 Å². The van der Waals surface area contributed by atoms with Gasteiger partial charge in [0.1, 0.15) is 11.6 Å². The highest BCUT2D eigenvalue weighted by atomic mass is 19.1. The maximum absolute atomic E-state index is 13.7. The molecule has 1 aliphatic heterocycles. The quantitative estimate of drug-likeness (QED) is 0.443. The van der Waals surface area contributed by atoms with Crippen LogP contribution < -0.4 is 10.1 Å². The largest absolute Gasteiger partial charge is 0.481 e. The van der Waals surface area contributed by atoms with Crippen LogP contribution in [-0.2, 0) is 22.6 Å². The van der Waals surface area contributed by atoms with Crippen molar-refractivity contribution in [1.29, 1.82) is 0 Å². The summed E-state index contributed by atoms with van der Waals surface area (Å²) < 4.78 is 19.9. The van der Waals surface area contributed by atoms with E-state index < -0.39 is 11.5 Å². The summed E-state index contributed by atoms with van der Waals surface area (Å²) in [6.07, 6.45) is 0.569. The molecule has 2 atom stereocenters. The molecule has 3 aromatic rings. The van der Waals surface area contributed by atoms with Gasteiger partial charge < -0.3 is 15.0 Å². The first-order valence-corrected chi connectivity index (χ1v) is 12.8. The SMILES string of the molecule is CC[C@@H](Oc1ccc2c(c1)[C@@H](c1ccc(F)cc1)N(C(=O)C(C)(C)C)CC2)C(=O)NCc1ccccc1. The molecule has 0 saturated heterocycles. The number of carbonyl (C=O) groups is 2. The van der Waals surface area contributed by atoms with Crippen molar-refractivity contribution >= 4 is 11.8 Å². The van der Waals surface area contributed by atoms with Gasteiger partial charge in [-0.15, -0.1) is 0 Å². The van der Waals surface area contributed by atoms with E-state index in [1.165, 1.54) is 12.1 Å². The lowest BCUT2D eigenvalue weighted by atomic mass is 9.85. The Bertz CT molecular complexity index is 1240. The summed E-state index contributed by atoms with van der Waals surface area (Å²) in [5, 5.41) is 2.96. The van der Waals surface area contributed by atoms with Gasteiger partial charge in [-0.2, -0.15) is 0 Å². The Balaban J connectivity index is 1.61. The van der Waals surface area contributed by atoms with Gasteiger partial charge in [0.2, 0.25) is 5.91 Å². The molecule has 0 spiro atoms. The number of hydrogen-bond acceptors (Lipinski definition) is 3. The molecule has 194 valence electrons. The molecule has 3 aromatic carbocycles. The number of amides is 2. The highest BCUT2D eigenvalue weighted by molar-refractivity contribution is 5.83. The third-order valence-electron chi connectivity index (χ3n) is 6.68. The molecule has 6 heteroatoms. The average molecular weight is 503 g/mol. The lowest BCUT2D eigenvalue weighted by molar-refractivity contribution is -0.141. The summed E-state index contributed by atoms with van der Waals surface area (Å²) in [6, 6.07) is 21.5. The van der Waals surface area contributed by atoms with Gasteiger partial charge in [0.15, 0.2) is 6.10 Å². The van der Waals surface area contributed by atoms with E-state index in [2.05, 4.69) is 5.32 Å². The standard InChI is InChI=1S/C31H35FN2O3/c1-5-27(29(35)33-20-21-9-7-6-8-10-21)37-25-16-13-22-17-18-34(30(36)31(2,3)4)28(26(22)19-25)23-11-14-24(32)15-12-23/h6-16,19,27-28H,5,17-18,20H2,1-4H3,(H,33,35)/t27-,28-/m1/s1. The molecule has 0 saturated carbocycles. The summed E-state index contributed by atoms with van der Waals surface area (Å²) in [4.78, 5) is 28.2. The lowest BCUT2D eigenvalue weighted by Gasteiger charge is -2.41. The summed E-state index contributed by atoms with van der Waals surface area (Å²) in [7, 11) is 0. The third kappa shape index (κ3) is 6.19. The van der Waals surface area contributed by atoms with Gasteiger partial charge in [-0.1, -0.05) is 76.2 Å². The molecule has 1 heterocycles. The molecule has 4 rings (SSSR count). The van der Waals surface area contributed by atoms with Gasteiger partial charge in [-0.25, -0.2) is 4.39 Å². The fourth-order valence-corrected chi connectivity index (χ4v) is 4.71. The van der Waals surface area contributed by atoms with Crippen molar-refractivity contribution in [3.05, 3.63) is 101 Å². The molecule has 1 aliphatic rings.